The van der Waals surface area contributed by atoms with E-state index >= 15 is 0 Å². The van der Waals surface area contributed by atoms with E-state index in [4.69, 9.17) is 27.9 Å². The summed E-state index contributed by atoms with van der Waals surface area (Å²) >= 11 is 12.0. The Bertz CT molecular complexity index is 882. The molecule has 0 aliphatic carbocycles. The van der Waals surface area contributed by atoms with Crippen molar-refractivity contribution in [2.45, 2.75) is 11.8 Å². The Labute approximate surface area is 164 Å². The Balaban J connectivity index is 1.76. The molecule has 1 aliphatic rings. The SMILES string of the molecule is CCOc1ccccc1N1CCN(S(=O)(=O)c2ccc(Cl)cc2Cl)CC1. The number of anilines is 1. The van der Waals surface area contributed by atoms with Crippen molar-refractivity contribution in [3.63, 3.8) is 0 Å². The van der Waals surface area contributed by atoms with Gasteiger partial charge in [0.1, 0.15) is 10.6 Å². The van der Waals surface area contributed by atoms with Gasteiger partial charge in [0, 0.05) is 31.2 Å². The molecule has 1 heterocycles. The standard InChI is InChI=1S/C18H20Cl2N2O3S/c1-2-25-17-6-4-3-5-16(17)21-9-11-22(12-10-21)26(23,24)18-8-7-14(19)13-15(18)20/h3-8,13H,2,9-12H2,1H3. The van der Waals surface area contributed by atoms with Crippen LogP contribution in [0.2, 0.25) is 10.0 Å². The van der Waals surface area contributed by atoms with Gasteiger partial charge in [0.05, 0.1) is 17.3 Å². The fourth-order valence-corrected chi connectivity index (χ4v) is 5.16. The first kappa shape index (κ1) is 19.3. The number of hydrogen-bond acceptors (Lipinski definition) is 4. The first-order valence-corrected chi connectivity index (χ1v) is 10.5. The Kier molecular flexibility index (Phi) is 5.97. The maximum absolute atomic E-state index is 12.9. The van der Waals surface area contributed by atoms with Crippen LogP contribution in [-0.4, -0.2) is 45.5 Å². The Morgan fingerprint density at radius 1 is 1.04 bits per heavy atom. The fraction of sp³-hybridized carbons (Fsp3) is 0.333. The lowest BCUT2D eigenvalue weighted by Gasteiger charge is -2.36. The summed E-state index contributed by atoms with van der Waals surface area (Å²) in [6, 6.07) is 12.2. The Morgan fingerprint density at radius 3 is 2.38 bits per heavy atom. The van der Waals surface area contributed by atoms with E-state index in [0.717, 1.165) is 11.4 Å². The van der Waals surface area contributed by atoms with Crippen LogP contribution < -0.4 is 9.64 Å². The Morgan fingerprint density at radius 2 is 1.73 bits per heavy atom. The highest BCUT2D eigenvalue weighted by Gasteiger charge is 2.30. The highest BCUT2D eigenvalue weighted by molar-refractivity contribution is 7.89. The third kappa shape index (κ3) is 3.93. The predicted octanol–water partition coefficient (Wildman–Crippen LogP) is 3.90. The molecule has 2 aromatic carbocycles. The molecule has 0 spiro atoms. The van der Waals surface area contributed by atoms with E-state index in [0.29, 0.717) is 37.8 Å². The Hall–Kier alpha value is -1.47. The van der Waals surface area contributed by atoms with Crippen LogP contribution in [0.5, 0.6) is 5.75 Å². The molecule has 1 saturated heterocycles. The number of para-hydroxylation sites is 2. The zero-order valence-electron chi connectivity index (χ0n) is 14.4. The van der Waals surface area contributed by atoms with Crippen molar-refractivity contribution in [2.75, 3.05) is 37.7 Å². The van der Waals surface area contributed by atoms with E-state index in [1.807, 2.05) is 31.2 Å². The second kappa shape index (κ2) is 8.05. The molecule has 0 amide bonds. The summed E-state index contributed by atoms with van der Waals surface area (Å²) in [5, 5.41) is 0.549. The number of ether oxygens (including phenoxy) is 1. The molecule has 3 rings (SSSR count). The van der Waals surface area contributed by atoms with E-state index in [2.05, 4.69) is 4.90 Å². The molecule has 0 saturated carbocycles. The molecule has 2 aromatic rings. The van der Waals surface area contributed by atoms with Gasteiger partial charge >= 0.3 is 0 Å². The van der Waals surface area contributed by atoms with Crippen LogP contribution in [0.3, 0.4) is 0 Å². The molecule has 26 heavy (non-hydrogen) atoms. The van der Waals surface area contributed by atoms with Crippen molar-refractivity contribution in [1.82, 2.24) is 4.31 Å². The molecule has 8 heteroatoms. The second-order valence-electron chi connectivity index (χ2n) is 5.87. The van der Waals surface area contributed by atoms with E-state index in [1.54, 1.807) is 0 Å². The lowest BCUT2D eigenvalue weighted by atomic mass is 10.2. The van der Waals surface area contributed by atoms with Crippen LogP contribution in [0.15, 0.2) is 47.4 Å². The minimum Gasteiger partial charge on any atom is -0.492 e. The summed E-state index contributed by atoms with van der Waals surface area (Å²) in [7, 11) is -3.65. The van der Waals surface area contributed by atoms with Gasteiger partial charge in [0.25, 0.3) is 0 Å². The molecule has 0 bridgehead atoms. The summed E-state index contributed by atoms with van der Waals surface area (Å²) in [6.45, 7) is 4.43. The molecule has 140 valence electrons. The molecule has 0 N–H and O–H groups in total. The van der Waals surface area contributed by atoms with Crippen LogP contribution in [0.25, 0.3) is 0 Å². The summed E-state index contributed by atoms with van der Waals surface area (Å²) in [6.07, 6.45) is 0. The van der Waals surface area contributed by atoms with Crippen LogP contribution in [0.1, 0.15) is 6.92 Å². The van der Waals surface area contributed by atoms with Gasteiger partial charge in [0.2, 0.25) is 10.0 Å². The highest BCUT2D eigenvalue weighted by Crippen LogP contribution is 2.31. The van der Waals surface area contributed by atoms with E-state index in [9.17, 15) is 8.42 Å². The minimum absolute atomic E-state index is 0.0896. The van der Waals surface area contributed by atoms with Gasteiger partial charge < -0.3 is 9.64 Å². The van der Waals surface area contributed by atoms with Gasteiger partial charge in [-0.05, 0) is 37.3 Å². The van der Waals surface area contributed by atoms with Gasteiger partial charge in [-0.3, -0.25) is 0 Å². The molecule has 1 fully saturated rings. The molecule has 1 aliphatic heterocycles. The van der Waals surface area contributed by atoms with Gasteiger partial charge in [-0.15, -0.1) is 0 Å². The zero-order valence-corrected chi connectivity index (χ0v) is 16.7. The summed E-state index contributed by atoms with van der Waals surface area (Å²) < 4.78 is 32.9. The third-order valence-corrected chi connectivity index (χ3v) is 6.87. The molecule has 0 unspecified atom stereocenters. The summed E-state index contributed by atoms with van der Waals surface area (Å²) in [5.41, 5.74) is 0.982. The molecule has 0 atom stereocenters. The summed E-state index contributed by atoms with van der Waals surface area (Å²) in [5.74, 6) is 0.812. The lowest BCUT2D eigenvalue weighted by molar-refractivity contribution is 0.337. The zero-order chi connectivity index (χ0) is 18.7. The van der Waals surface area contributed by atoms with Crippen LogP contribution >= 0.6 is 23.2 Å². The molecule has 5 nitrogen and oxygen atoms in total. The quantitative estimate of drug-likeness (QED) is 0.743. The van der Waals surface area contributed by atoms with Gasteiger partial charge in [-0.25, -0.2) is 8.42 Å². The van der Waals surface area contributed by atoms with E-state index < -0.39 is 10.0 Å². The fourth-order valence-electron chi connectivity index (χ4n) is 2.99. The number of nitrogens with zero attached hydrogens (tertiary/aromatic N) is 2. The summed E-state index contributed by atoms with van der Waals surface area (Å²) in [4.78, 5) is 2.23. The van der Waals surface area contributed by atoms with Crippen molar-refractivity contribution < 1.29 is 13.2 Å². The number of benzene rings is 2. The average Bonchev–Trinajstić information content (AvgIpc) is 2.62. The first-order valence-electron chi connectivity index (χ1n) is 8.35. The number of piperazine rings is 1. The van der Waals surface area contributed by atoms with E-state index in [1.165, 1.54) is 22.5 Å². The molecular formula is C18H20Cl2N2O3S. The van der Waals surface area contributed by atoms with Crippen LogP contribution in [-0.2, 0) is 10.0 Å². The maximum Gasteiger partial charge on any atom is 0.244 e. The normalized spacial score (nSPS) is 15.9. The van der Waals surface area contributed by atoms with Crippen molar-refractivity contribution in [3.05, 3.63) is 52.5 Å². The molecular weight excluding hydrogens is 395 g/mol. The smallest absolute Gasteiger partial charge is 0.244 e. The maximum atomic E-state index is 12.9. The number of rotatable bonds is 5. The van der Waals surface area contributed by atoms with Gasteiger partial charge in [-0.2, -0.15) is 4.31 Å². The van der Waals surface area contributed by atoms with Gasteiger partial charge in [0.15, 0.2) is 0 Å². The molecule has 0 aromatic heterocycles. The van der Waals surface area contributed by atoms with E-state index in [-0.39, 0.29) is 9.92 Å². The van der Waals surface area contributed by atoms with Crippen molar-refractivity contribution >= 4 is 38.9 Å². The monoisotopic (exact) mass is 414 g/mol. The van der Waals surface area contributed by atoms with Crippen LogP contribution in [0.4, 0.5) is 5.69 Å². The molecule has 0 radical (unpaired) electrons. The van der Waals surface area contributed by atoms with Crippen LogP contribution in [0, 0.1) is 0 Å². The number of halogens is 2. The van der Waals surface area contributed by atoms with Crippen molar-refractivity contribution in [3.8, 4) is 5.75 Å². The van der Waals surface area contributed by atoms with Crippen molar-refractivity contribution in [2.24, 2.45) is 0 Å². The van der Waals surface area contributed by atoms with Gasteiger partial charge in [-0.1, -0.05) is 35.3 Å². The minimum atomic E-state index is -3.65. The lowest BCUT2D eigenvalue weighted by Crippen LogP contribution is -2.48. The average molecular weight is 415 g/mol. The third-order valence-electron chi connectivity index (χ3n) is 4.26. The second-order valence-corrected chi connectivity index (χ2v) is 8.62. The topological polar surface area (TPSA) is 49.9 Å². The number of sulfonamides is 1. The van der Waals surface area contributed by atoms with Crippen molar-refractivity contribution in [1.29, 1.82) is 0 Å². The predicted molar refractivity (Wildman–Crippen MR) is 105 cm³/mol. The largest absolute Gasteiger partial charge is 0.492 e. The highest BCUT2D eigenvalue weighted by atomic mass is 35.5. The number of hydrogen-bond donors (Lipinski definition) is 0. The first-order chi connectivity index (χ1) is 12.4.